The highest BCUT2D eigenvalue weighted by atomic mass is 16.5. The van der Waals surface area contributed by atoms with Crippen molar-refractivity contribution in [3.8, 4) is 0 Å². The van der Waals surface area contributed by atoms with Gasteiger partial charge < -0.3 is 9.47 Å². The Bertz CT molecular complexity index is 465. The van der Waals surface area contributed by atoms with Gasteiger partial charge in [-0.2, -0.15) is 0 Å². The Morgan fingerprint density at radius 1 is 0.815 bits per heavy atom. The van der Waals surface area contributed by atoms with E-state index in [1.54, 1.807) is 0 Å². The Balaban J connectivity index is 2.06. The van der Waals surface area contributed by atoms with Gasteiger partial charge in [-0.05, 0) is 42.4 Å². The van der Waals surface area contributed by atoms with Crippen LogP contribution >= 0.6 is 0 Å². The normalized spacial score (nSPS) is 25.0. The van der Waals surface area contributed by atoms with Gasteiger partial charge in [0.25, 0.3) is 0 Å². The first-order valence-corrected chi connectivity index (χ1v) is 11.2. The lowest BCUT2D eigenvalue weighted by atomic mass is 9.71. The highest BCUT2D eigenvalue weighted by molar-refractivity contribution is 5.80. The van der Waals surface area contributed by atoms with Crippen LogP contribution in [-0.4, -0.2) is 25.2 Å². The van der Waals surface area contributed by atoms with E-state index in [-0.39, 0.29) is 30.2 Å². The lowest BCUT2D eigenvalue weighted by Gasteiger charge is -2.34. The fourth-order valence-corrected chi connectivity index (χ4v) is 4.93. The summed E-state index contributed by atoms with van der Waals surface area (Å²) in [5.41, 5.74) is 0. The number of hydrogen-bond acceptors (Lipinski definition) is 4. The summed E-state index contributed by atoms with van der Waals surface area (Å²) >= 11 is 0. The molecule has 0 saturated heterocycles. The van der Waals surface area contributed by atoms with Crippen LogP contribution in [0, 0.1) is 35.5 Å². The van der Waals surface area contributed by atoms with Crippen LogP contribution in [0.5, 0.6) is 0 Å². The van der Waals surface area contributed by atoms with Gasteiger partial charge in [-0.3, -0.25) is 9.59 Å². The van der Waals surface area contributed by atoms with Crippen LogP contribution in [0.3, 0.4) is 0 Å². The second-order valence-corrected chi connectivity index (χ2v) is 9.57. The van der Waals surface area contributed by atoms with E-state index in [4.69, 9.17) is 9.47 Å². The molecule has 0 N–H and O–H groups in total. The molecule has 4 heteroatoms. The first-order chi connectivity index (χ1) is 12.9. The monoisotopic (exact) mass is 380 g/mol. The first kappa shape index (κ1) is 22.2. The number of rotatable bonds is 9. The minimum atomic E-state index is -0.335. The molecule has 0 aliphatic heterocycles. The molecule has 0 aromatic heterocycles. The second-order valence-electron chi connectivity index (χ2n) is 9.57. The standard InChI is InChI=1S/C23H40O4/c1-16(2)14-26-22(24)13-21(23(25)27-15-17(3)4)20-12-8-11-19(20)18-9-6-5-7-10-18/h16-21H,5-15H2,1-4H3. The van der Waals surface area contributed by atoms with Gasteiger partial charge in [-0.1, -0.05) is 66.2 Å². The van der Waals surface area contributed by atoms with Gasteiger partial charge in [0.05, 0.1) is 25.6 Å². The Labute approximate surface area is 165 Å². The maximum atomic E-state index is 12.9. The summed E-state index contributed by atoms with van der Waals surface area (Å²) in [6.45, 7) is 8.98. The second kappa shape index (κ2) is 11.1. The molecule has 2 aliphatic rings. The van der Waals surface area contributed by atoms with Crippen LogP contribution in [0.2, 0.25) is 0 Å². The predicted octanol–water partition coefficient (Wildman–Crippen LogP) is 5.39. The molecule has 0 amide bonds. The number of hydrogen-bond donors (Lipinski definition) is 0. The summed E-state index contributed by atoms with van der Waals surface area (Å²) in [5.74, 6) is 1.42. The van der Waals surface area contributed by atoms with E-state index in [0.717, 1.165) is 12.3 Å². The summed E-state index contributed by atoms with van der Waals surface area (Å²) in [6, 6.07) is 0. The van der Waals surface area contributed by atoms with Crippen LogP contribution in [-0.2, 0) is 19.1 Å². The average molecular weight is 381 g/mol. The van der Waals surface area contributed by atoms with Crippen molar-refractivity contribution in [3.05, 3.63) is 0 Å². The maximum Gasteiger partial charge on any atom is 0.309 e. The van der Waals surface area contributed by atoms with Crippen molar-refractivity contribution in [1.29, 1.82) is 0 Å². The van der Waals surface area contributed by atoms with Crippen molar-refractivity contribution in [1.82, 2.24) is 0 Å². The van der Waals surface area contributed by atoms with Crippen molar-refractivity contribution in [2.24, 2.45) is 35.5 Å². The number of ether oxygens (including phenoxy) is 2. The quantitative estimate of drug-likeness (QED) is 0.503. The smallest absolute Gasteiger partial charge is 0.309 e. The molecular weight excluding hydrogens is 340 g/mol. The van der Waals surface area contributed by atoms with Gasteiger partial charge in [-0.25, -0.2) is 0 Å². The molecule has 2 fully saturated rings. The Morgan fingerprint density at radius 3 is 2.07 bits per heavy atom. The van der Waals surface area contributed by atoms with Crippen molar-refractivity contribution in [2.45, 2.75) is 85.5 Å². The van der Waals surface area contributed by atoms with Crippen LogP contribution in [0.25, 0.3) is 0 Å². The van der Waals surface area contributed by atoms with E-state index < -0.39 is 0 Å². The third-order valence-electron chi connectivity index (χ3n) is 6.22. The van der Waals surface area contributed by atoms with E-state index >= 15 is 0 Å². The van der Waals surface area contributed by atoms with Crippen molar-refractivity contribution in [2.75, 3.05) is 13.2 Å². The highest BCUT2D eigenvalue weighted by Crippen LogP contribution is 2.47. The molecule has 0 aromatic carbocycles. The van der Waals surface area contributed by atoms with Crippen molar-refractivity contribution in [3.63, 3.8) is 0 Å². The van der Waals surface area contributed by atoms with Crippen LogP contribution in [0.4, 0.5) is 0 Å². The summed E-state index contributed by atoms with van der Waals surface area (Å²) < 4.78 is 11.0. The predicted molar refractivity (Wildman–Crippen MR) is 107 cm³/mol. The van der Waals surface area contributed by atoms with E-state index in [1.807, 2.05) is 27.7 Å². The number of esters is 2. The molecule has 156 valence electrons. The minimum absolute atomic E-state index is 0.178. The zero-order valence-corrected chi connectivity index (χ0v) is 17.9. The van der Waals surface area contributed by atoms with E-state index in [9.17, 15) is 9.59 Å². The summed E-state index contributed by atoms with van der Waals surface area (Å²) in [5, 5.41) is 0. The summed E-state index contributed by atoms with van der Waals surface area (Å²) in [6.07, 6.45) is 10.1. The first-order valence-electron chi connectivity index (χ1n) is 11.2. The van der Waals surface area contributed by atoms with Crippen LogP contribution < -0.4 is 0 Å². The molecule has 0 radical (unpaired) electrons. The molecule has 0 spiro atoms. The minimum Gasteiger partial charge on any atom is -0.465 e. The average Bonchev–Trinajstić information content (AvgIpc) is 3.12. The van der Waals surface area contributed by atoms with Crippen molar-refractivity contribution >= 4 is 11.9 Å². The molecule has 4 nitrogen and oxygen atoms in total. The van der Waals surface area contributed by atoms with Crippen molar-refractivity contribution < 1.29 is 19.1 Å². The largest absolute Gasteiger partial charge is 0.465 e. The Hall–Kier alpha value is -1.06. The van der Waals surface area contributed by atoms with Crippen LogP contribution in [0.15, 0.2) is 0 Å². The summed E-state index contributed by atoms with van der Waals surface area (Å²) in [4.78, 5) is 25.3. The lowest BCUT2D eigenvalue weighted by molar-refractivity contribution is -0.159. The molecule has 2 aliphatic carbocycles. The third-order valence-corrected chi connectivity index (χ3v) is 6.22. The number of carbonyl (C=O) groups excluding carboxylic acids is 2. The van der Waals surface area contributed by atoms with E-state index in [1.165, 1.54) is 44.9 Å². The molecule has 2 rings (SSSR count). The molecule has 2 saturated carbocycles. The van der Waals surface area contributed by atoms with Gasteiger partial charge in [0, 0.05) is 0 Å². The van der Waals surface area contributed by atoms with Gasteiger partial charge in [-0.15, -0.1) is 0 Å². The molecular formula is C23H40O4. The molecule has 0 aromatic rings. The fraction of sp³-hybridized carbons (Fsp3) is 0.913. The molecule has 3 unspecified atom stereocenters. The van der Waals surface area contributed by atoms with E-state index in [2.05, 4.69) is 0 Å². The van der Waals surface area contributed by atoms with E-state index in [0.29, 0.717) is 31.0 Å². The Kier molecular flexibility index (Phi) is 9.11. The van der Waals surface area contributed by atoms with Crippen LogP contribution in [0.1, 0.15) is 85.5 Å². The fourth-order valence-electron chi connectivity index (χ4n) is 4.93. The highest BCUT2D eigenvalue weighted by Gasteiger charge is 2.43. The van der Waals surface area contributed by atoms with Gasteiger partial charge in [0.15, 0.2) is 0 Å². The zero-order valence-electron chi connectivity index (χ0n) is 17.9. The zero-order chi connectivity index (χ0) is 19.8. The molecule has 3 atom stereocenters. The third kappa shape index (κ3) is 7.12. The molecule has 27 heavy (non-hydrogen) atoms. The Morgan fingerprint density at radius 2 is 1.44 bits per heavy atom. The van der Waals surface area contributed by atoms with Gasteiger partial charge in [0.1, 0.15) is 0 Å². The number of carbonyl (C=O) groups is 2. The SMILES string of the molecule is CC(C)COC(=O)CC(C(=O)OCC(C)C)C1CCCC1C1CCCCC1. The topological polar surface area (TPSA) is 52.6 Å². The summed E-state index contributed by atoms with van der Waals surface area (Å²) in [7, 11) is 0. The van der Waals surface area contributed by atoms with Gasteiger partial charge in [0.2, 0.25) is 0 Å². The lowest BCUT2D eigenvalue weighted by Crippen LogP contribution is -2.34. The maximum absolute atomic E-state index is 12.9. The molecule has 0 heterocycles. The van der Waals surface area contributed by atoms with Gasteiger partial charge >= 0.3 is 11.9 Å². The molecule has 0 bridgehead atoms.